The fraction of sp³-hybridized carbons (Fsp3) is 0.400. The van der Waals surface area contributed by atoms with E-state index in [1.54, 1.807) is 0 Å². The Balaban J connectivity index is 2.50. The molecular weight excluding hydrogens is 236 g/mol. The number of aryl methyl sites for hydroxylation is 4. The van der Waals surface area contributed by atoms with Crippen molar-refractivity contribution in [3.8, 4) is 0 Å². The van der Waals surface area contributed by atoms with Crippen molar-refractivity contribution in [1.82, 2.24) is 19.6 Å². The number of hydrogen-bond acceptors (Lipinski definition) is 3. The average molecular weight is 254 g/mol. The Morgan fingerprint density at radius 1 is 1.00 bits per heavy atom. The minimum absolute atomic E-state index is 0.858. The van der Waals surface area contributed by atoms with Crippen LogP contribution in [0.5, 0.6) is 0 Å². The lowest BCUT2D eigenvalue weighted by molar-refractivity contribution is 1.01. The van der Waals surface area contributed by atoms with E-state index in [1.807, 2.05) is 13.8 Å². The molecule has 0 aliphatic carbocycles. The fourth-order valence-corrected chi connectivity index (χ4v) is 2.71. The van der Waals surface area contributed by atoms with Crippen LogP contribution in [-0.4, -0.2) is 19.6 Å². The van der Waals surface area contributed by atoms with E-state index in [4.69, 9.17) is 0 Å². The minimum atomic E-state index is 0.858. The molecule has 0 aliphatic heterocycles. The molecule has 4 nitrogen and oxygen atoms in total. The Bertz CT molecular complexity index is 771. The second-order valence-corrected chi connectivity index (χ2v) is 4.92. The van der Waals surface area contributed by atoms with Gasteiger partial charge >= 0.3 is 0 Å². The third-order valence-electron chi connectivity index (χ3n) is 3.74. The molecule has 1 aromatic carbocycles. The van der Waals surface area contributed by atoms with Crippen molar-refractivity contribution in [2.24, 2.45) is 0 Å². The summed E-state index contributed by atoms with van der Waals surface area (Å²) in [6.07, 6.45) is 2.08. The van der Waals surface area contributed by atoms with Gasteiger partial charge in [-0.25, -0.2) is 4.98 Å². The van der Waals surface area contributed by atoms with E-state index in [0.29, 0.717) is 0 Å². The maximum atomic E-state index is 4.68. The molecule has 2 heterocycles. The van der Waals surface area contributed by atoms with E-state index >= 15 is 0 Å². The van der Waals surface area contributed by atoms with Crippen molar-refractivity contribution >= 4 is 16.7 Å². The molecule has 3 rings (SSSR count). The van der Waals surface area contributed by atoms with Gasteiger partial charge in [-0.2, -0.15) is 0 Å². The maximum Gasteiger partial charge on any atom is 0.182 e. The van der Waals surface area contributed by atoms with E-state index in [9.17, 15) is 0 Å². The number of aromatic nitrogens is 4. The van der Waals surface area contributed by atoms with Crippen LogP contribution in [0.2, 0.25) is 0 Å². The Morgan fingerprint density at radius 2 is 1.68 bits per heavy atom. The van der Waals surface area contributed by atoms with Crippen molar-refractivity contribution < 1.29 is 0 Å². The molecule has 0 aliphatic rings. The summed E-state index contributed by atoms with van der Waals surface area (Å²) in [7, 11) is 0. The van der Waals surface area contributed by atoms with Crippen LogP contribution < -0.4 is 0 Å². The highest BCUT2D eigenvalue weighted by molar-refractivity contribution is 5.80. The van der Waals surface area contributed by atoms with Crippen molar-refractivity contribution in [3.63, 3.8) is 0 Å². The predicted molar refractivity (Wildman–Crippen MR) is 76.5 cm³/mol. The summed E-state index contributed by atoms with van der Waals surface area (Å²) in [4.78, 5) is 4.68. The topological polar surface area (TPSA) is 43.1 Å². The SMILES string of the molecule is CCc1cc2nc(C)c3nnc(C)n3c2cc1CC. The predicted octanol–water partition coefficient (Wildman–Crippen LogP) is 3.02. The van der Waals surface area contributed by atoms with Crippen molar-refractivity contribution in [2.45, 2.75) is 40.5 Å². The van der Waals surface area contributed by atoms with Gasteiger partial charge in [-0.15, -0.1) is 10.2 Å². The highest BCUT2D eigenvalue weighted by atomic mass is 15.3. The minimum Gasteiger partial charge on any atom is -0.276 e. The Kier molecular flexibility index (Phi) is 2.73. The number of rotatable bonds is 2. The van der Waals surface area contributed by atoms with E-state index in [0.717, 1.165) is 41.0 Å². The van der Waals surface area contributed by atoms with E-state index in [2.05, 4.69) is 45.6 Å². The summed E-state index contributed by atoms with van der Waals surface area (Å²) in [5.41, 5.74) is 6.69. The molecule has 0 radical (unpaired) electrons. The van der Waals surface area contributed by atoms with E-state index < -0.39 is 0 Å². The molecule has 0 amide bonds. The second kappa shape index (κ2) is 4.30. The largest absolute Gasteiger partial charge is 0.276 e. The van der Waals surface area contributed by atoms with Crippen LogP contribution in [0.3, 0.4) is 0 Å². The van der Waals surface area contributed by atoms with E-state index in [1.165, 1.54) is 11.1 Å². The lowest BCUT2D eigenvalue weighted by Gasteiger charge is -2.10. The summed E-state index contributed by atoms with van der Waals surface area (Å²) in [5, 5.41) is 8.39. The maximum absolute atomic E-state index is 4.68. The Morgan fingerprint density at radius 3 is 2.37 bits per heavy atom. The molecule has 98 valence electrons. The molecule has 0 saturated carbocycles. The number of benzene rings is 1. The molecule has 0 fully saturated rings. The molecule has 0 atom stereocenters. The Hall–Kier alpha value is -1.97. The molecule has 2 aromatic heterocycles. The van der Waals surface area contributed by atoms with Crippen LogP contribution in [-0.2, 0) is 12.8 Å². The fourth-order valence-electron chi connectivity index (χ4n) is 2.71. The summed E-state index contributed by atoms with van der Waals surface area (Å²) in [6, 6.07) is 4.45. The zero-order valence-corrected chi connectivity index (χ0v) is 11.9. The first-order valence-corrected chi connectivity index (χ1v) is 6.79. The summed E-state index contributed by atoms with van der Waals surface area (Å²) >= 11 is 0. The summed E-state index contributed by atoms with van der Waals surface area (Å²) in [6.45, 7) is 8.36. The molecule has 0 bridgehead atoms. The van der Waals surface area contributed by atoms with Crippen molar-refractivity contribution in [1.29, 1.82) is 0 Å². The van der Waals surface area contributed by atoms with Crippen LogP contribution in [0.15, 0.2) is 12.1 Å². The number of fused-ring (bicyclic) bond motifs is 3. The highest BCUT2D eigenvalue weighted by Gasteiger charge is 2.12. The first-order valence-electron chi connectivity index (χ1n) is 6.79. The molecule has 0 spiro atoms. The van der Waals surface area contributed by atoms with Crippen molar-refractivity contribution in [2.75, 3.05) is 0 Å². The van der Waals surface area contributed by atoms with Crippen LogP contribution in [0.1, 0.15) is 36.5 Å². The average Bonchev–Trinajstić information content (AvgIpc) is 2.80. The van der Waals surface area contributed by atoms with Gasteiger partial charge < -0.3 is 0 Å². The van der Waals surface area contributed by atoms with Gasteiger partial charge in [0.1, 0.15) is 5.82 Å². The quantitative estimate of drug-likeness (QED) is 0.706. The molecule has 19 heavy (non-hydrogen) atoms. The Labute approximate surface area is 112 Å². The van der Waals surface area contributed by atoms with Gasteiger partial charge in [0, 0.05) is 0 Å². The van der Waals surface area contributed by atoms with Crippen LogP contribution in [0.25, 0.3) is 16.7 Å². The normalized spacial score (nSPS) is 11.6. The van der Waals surface area contributed by atoms with Crippen LogP contribution >= 0.6 is 0 Å². The standard InChI is InChI=1S/C15H18N4/c1-5-11-7-13-14(8-12(11)6-2)19-10(4)17-18-15(19)9(3)16-13/h7-8H,5-6H2,1-4H3. The molecule has 4 heteroatoms. The smallest absolute Gasteiger partial charge is 0.182 e. The summed E-state index contributed by atoms with van der Waals surface area (Å²) < 4.78 is 2.11. The molecule has 3 aromatic rings. The van der Waals surface area contributed by atoms with Gasteiger partial charge in [0.15, 0.2) is 5.65 Å². The first kappa shape index (κ1) is 12.1. The second-order valence-electron chi connectivity index (χ2n) is 4.92. The third kappa shape index (κ3) is 1.70. The van der Waals surface area contributed by atoms with E-state index in [-0.39, 0.29) is 0 Å². The van der Waals surface area contributed by atoms with Gasteiger partial charge in [0.05, 0.1) is 16.7 Å². The summed E-state index contributed by atoms with van der Waals surface area (Å²) in [5.74, 6) is 0.914. The monoisotopic (exact) mass is 254 g/mol. The number of hydrogen-bond donors (Lipinski definition) is 0. The first-order chi connectivity index (χ1) is 9.15. The lowest BCUT2D eigenvalue weighted by atomic mass is 10.0. The zero-order chi connectivity index (χ0) is 13.6. The molecular formula is C15H18N4. The van der Waals surface area contributed by atoms with Gasteiger partial charge in [0.2, 0.25) is 0 Å². The molecule has 0 N–H and O–H groups in total. The number of nitrogens with zero attached hydrogens (tertiary/aromatic N) is 4. The molecule has 0 saturated heterocycles. The van der Waals surface area contributed by atoms with Gasteiger partial charge in [-0.1, -0.05) is 13.8 Å². The van der Waals surface area contributed by atoms with Crippen LogP contribution in [0.4, 0.5) is 0 Å². The van der Waals surface area contributed by atoms with Gasteiger partial charge in [-0.05, 0) is 49.9 Å². The highest BCUT2D eigenvalue weighted by Crippen LogP contribution is 2.23. The van der Waals surface area contributed by atoms with Crippen molar-refractivity contribution in [3.05, 3.63) is 34.8 Å². The molecule has 0 unspecified atom stereocenters. The van der Waals surface area contributed by atoms with Gasteiger partial charge in [0.25, 0.3) is 0 Å². The third-order valence-corrected chi connectivity index (χ3v) is 3.74. The van der Waals surface area contributed by atoms with Gasteiger partial charge in [-0.3, -0.25) is 4.40 Å². The zero-order valence-electron chi connectivity index (χ0n) is 11.9. The lowest BCUT2D eigenvalue weighted by Crippen LogP contribution is -2.00. The van der Waals surface area contributed by atoms with Crippen LogP contribution in [0, 0.1) is 13.8 Å².